The van der Waals surface area contributed by atoms with Crippen molar-refractivity contribution in [3.63, 3.8) is 0 Å². The fourth-order valence-electron chi connectivity index (χ4n) is 0.893. The van der Waals surface area contributed by atoms with E-state index in [0.717, 1.165) is 0 Å². The summed E-state index contributed by atoms with van der Waals surface area (Å²) in [7, 11) is 0. The van der Waals surface area contributed by atoms with Gasteiger partial charge in [0.15, 0.2) is 5.82 Å². The summed E-state index contributed by atoms with van der Waals surface area (Å²) in [6.45, 7) is 0. The molecule has 0 aliphatic rings. The Labute approximate surface area is 78.7 Å². The van der Waals surface area contributed by atoms with Crippen molar-refractivity contribution in [2.75, 3.05) is 12.0 Å². The fourth-order valence-corrected chi connectivity index (χ4v) is 1.37. The Morgan fingerprint density at radius 2 is 2.23 bits per heavy atom. The van der Waals surface area contributed by atoms with Crippen LogP contribution in [0.25, 0.3) is 0 Å². The van der Waals surface area contributed by atoms with Gasteiger partial charge in [0.05, 0.1) is 11.3 Å². The number of carboxylic acids is 1. The molecular weight excluding hydrogens is 193 g/mol. The lowest BCUT2D eigenvalue weighted by Gasteiger charge is -2.03. The van der Waals surface area contributed by atoms with Gasteiger partial charge < -0.3 is 10.8 Å². The molecule has 5 heteroatoms. The zero-order valence-electron chi connectivity index (χ0n) is 6.87. The van der Waals surface area contributed by atoms with E-state index in [1.54, 1.807) is 6.26 Å². The van der Waals surface area contributed by atoms with Crippen LogP contribution in [-0.2, 0) is 0 Å². The lowest BCUT2D eigenvalue weighted by Crippen LogP contribution is -2.04. The highest BCUT2D eigenvalue weighted by atomic mass is 32.2. The zero-order chi connectivity index (χ0) is 10.0. The predicted octanol–water partition coefficient (Wildman–Crippen LogP) is 1.83. The van der Waals surface area contributed by atoms with Crippen molar-refractivity contribution in [3.05, 3.63) is 23.5 Å². The highest BCUT2D eigenvalue weighted by molar-refractivity contribution is 7.98. The van der Waals surface area contributed by atoms with Gasteiger partial charge in [0.25, 0.3) is 0 Å². The number of carboxylic acid groups (broad SMARTS) is 1. The largest absolute Gasteiger partial charge is 0.478 e. The average molecular weight is 201 g/mol. The molecule has 0 fully saturated rings. The summed E-state index contributed by atoms with van der Waals surface area (Å²) in [4.78, 5) is 11.2. The molecule has 0 amide bonds. The number of nitrogen functional groups attached to an aromatic ring is 1. The number of aromatic carboxylic acids is 1. The highest BCUT2D eigenvalue weighted by Gasteiger charge is 2.14. The Balaban J connectivity index is 3.33. The van der Waals surface area contributed by atoms with Gasteiger partial charge in [0.2, 0.25) is 0 Å². The zero-order valence-corrected chi connectivity index (χ0v) is 7.69. The SMILES string of the molecule is CSc1cc(N)c(F)c(C(=O)O)c1. The van der Waals surface area contributed by atoms with Gasteiger partial charge in [0, 0.05) is 4.90 Å². The maximum Gasteiger partial charge on any atom is 0.338 e. The third kappa shape index (κ3) is 1.92. The van der Waals surface area contributed by atoms with Crippen LogP contribution < -0.4 is 5.73 Å². The molecule has 1 aromatic rings. The number of benzene rings is 1. The minimum Gasteiger partial charge on any atom is -0.478 e. The first-order valence-electron chi connectivity index (χ1n) is 3.42. The lowest BCUT2D eigenvalue weighted by atomic mass is 10.2. The van der Waals surface area contributed by atoms with E-state index in [-0.39, 0.29) is 11.3 Å². The molecule has 3 N–H and O–H groups in total. The summed E-state index contributed by atoms with van der Waals surface area (Å²) in [6.07, 6.45) is 1.76. The molecule has 0 atom stereocenters. The molecule has 0 saturated carbocycles. The van der Waals surface area contributed by atoms with Crippen molar-refractivity contribution in [2.24, 2.45) is 0 Å². The Bertz CT molecular complexity index is 354. The number of halogens is 1. The van der Waals surface area contributed by atoms with Crippen LogP contribution in [0.5, 0.6) is 0 Å². The van der Waals surface area contributed by atoms with Crippen LogP contribution in [0, 0.1) is 5.82 Å². The van der Waals surface area contributed by atoms with Gasteiger partial charge in [-0.05, 0) is 18.4 Å². The molecule has 0 bridgehead atoms. The minimum atomic E-state index is -1.31. The lowest BCUT2D eigenvalue weighted by molar-refractivity contribution is 0.0691. The van der Waals surface area contributed by atoms with Crippen molar-refractivity contribution < 1.29 is 14.3 Å². The second kappa shape index (κ2) is 3.66. The van der Waals surface area contributed by atoms with Crippen molar-refractivity contribution >= 4 is 23.4 Å². The van der Waals surface area contributed by atoms with Crippen LogP contribution in [-0.4, -0.2) is 17.3 Å². The van der Waals surface area contributed by atoms with E-state index in [9.17, 15) is 9.18 Å². The normalized spacial score (nSPS) is 10.0. The van der Waals surface area contributed by atoms with Crippen LogP contribution in [0.3, 0.4) is 0 Å². The third-order valence-electron chi connectivity index (χ3n) is 1.54. The maximum absolute atomic E-state index is 13.1. The smallest absolute Gasteiger partial charge is 0.338 e. The Morgan fingerprint density at radius 1 is 1.62 bits per heavy atom. The molecule has 0 aromatic heterocycles. The number of rotatable bonds is 2. The molecule has 1 rings (SSSR count). The van der Waals surface area contributed by atoms with E-state index in [2.05, 4.69) is 0 Å². The molecule has 13 heavy (non-hydrogen) atoms. The molecule has 3 nitrogen and oxygen atoms in total. The van der Waals surface area contributed by atoms with E-state index < -0.39 is 11.8 Å². The van der Waals surface area contributed by atoms with Gasteiger partial charge in [-0.2, -0.15) is 0 Å². The molecule has 70 valence electrons. The van der Waals surface area contributed by atoms with Crippen molar-refractivity contribution in [1.29, 1.82) is 0 Å². The Kier molecular flexibility index (Phi) is 2.77. The highest BCUT2D eigenvalue weighted by Crippen LogP contribution is 2.23. The standard InChI is InChI=1S/C8H8FNO2S/c1-13-4-2-5(8(11)12)7(9)6(10)3-4/h2-3H,10H2,1H3,(H,11,12). The molecule has 0 unspecified atom stereocenters. The summed E-state index contributed by atoms with van der Waals surface area (Å²) in [5, 5.41) is 8.61. The number of anilines is 1. The van der Waals surface area contributed by atoms with E-state index >= 15 is 0 Å². The first-order valence-corrected chi connectivity index (χ1v) is 4.65. The van der Waals surface area contributed by atoms with Crippen molar-refractivity contribution in [3.8, 4) is 0 Å². The van der Waals surface area contributed by atoms with Crippen molar-refractivity contribution in [1.82, 2.24) is 0 Å². The first kappa shape index (κ1) is 9.85. The van der Waals surface area contributed by atoms with E-state index in [0.29, 0.717) is 4.90 Å². The van der Waals surface area contributed by atoms with Crippen LogP contribution in [0.2, 0.25) is 0 Å². The molecule has 1 aromatic carbocycles. The van der Waals surface area contributed by atoms with E-state index in [1.165, 1.54) is 23.9 Å². The Morgan fingerprint density at radius 3 is 2.69 bits per heavy atom. The summed E-state index contributed by atoms with van der Waals surface area (Å²) >= 11 is 1.31. The molecule has 0 aliphatic heterocycles. The van der Waals surface area contributed by atoms with Crippen LogP contribution in [0.4, 0.5) is 10.1 Å². The summed E-state index contributed by atoms with van der Waals surface area (Å²) in [5.74, 6) is -2.18. The van der Waals surface area contributed by atoms with E-state index in [4.69, 9.17) is 10.8 Å². The second-order valence-corrected chi connectivity index (χ2v) is 3.26. The summed E-state index contributed by atoms with van der Waals surface area (Å²) in [6, 6.07) is 2.67. The molecule has 0 radical (unpaired) electrons. The molecule has 0 spiro atoms. The molecule has 0 aliphatic carbocycles. The molecular formula is C8H8FNO2S. The van der Waals surface area contributed by atoms with Gasteiger partial charge >= 0.3 is 5.97 Å². The second-order valence-electron chi connectivity index (χ2n) is 2.38. The first-order chi connectivity index (χ1) is 6.06. The van der Waals surface area contributed by atoms with E-state index in [1.807, 2.05) is 0 Å². The fraction of sp³-hybridized carbons (Fsp3) is 0.125. The number of thioether (sulfide) groups is 1. The Hall–Kier alpha value is -1.23. The molecule has 0 heterocycles. The predicted molar refractivity (Wildman–Crippen MR) is 49.6 cm³/mol. The third-order valence-corrected chi connectivity index (χ3v) is 2.25. The van der Waals surface area contributed by atoms with Crippen LogP contribution >= 0.6 is 11.8 Å². The summed E-state index contributed by atoms with van der Waals surface area (Å²) < 4.78 is 13.1. The topological polar surface area (TPSA) is 63.3 Å². The molecule has 0 saturated heterocycles. The quantitative estimate of drug-likeness (QED) is 0.566. The van der Waals surface area contributed by atoms with Gasteiger partial charge in [0.1, 0.15) is 0 Å². The number of carbonyl (C=O) groups is 1. The number of nitrogens with two attached hydrogens (primary N) is 1. The van der Waals surface area contributed by atoms with Crippen LogP contribution in [0.1, 0.15) is 10.4 Å². The van der Waals surface area contributed by atoms with Gasteiger partial charge in [-0.25, -0.2) is 9.18 Å². The van der Waals surface area contributed by atoms with Crippen molar-refractivity contribution in [2.45, 2.75) is 4.90 Å². The minimum absolute atomic E-state index is 0.135. The van der Waals surface area contributed by atoms with Gasteiger partial charge in [-0.1, -0.05) is 0 Å². The number of hydrogen-bond donors (Lipinski definition) is 2. The maximum atomic E-state index is 13.1. The monoisotopic (exact) mass is 201 g/mol. The summed E-state index contributed by atoms with van der Waals surface area (Å²) in [5.41, 5.74) is 4.76. The van der Waals surface area contributed by atoms with Gasteiger partial charge in [-0.3, -0.25) is 0 Å². The van der Waals surface area contributed by atoms with Gasteiger partial charge in [-0.15, -0.1) is 11.8 Å². The average Bonchev–Trinajstić information content (AvgIpc) is 2.09. The van der Waals surface area contributed by atoms with Crippen LogP contribution in [0.15, 0.2) is 17.0 Å². The number of hydrogen-bond acceptors (Lipinski definition) is 3.